The summed E-state index contributed by atoms with van der Waals surface area (Å²) in [5.41, 5.74) is 1.28. The first-order chi connectivity index (χ1) is 9.58. The van der Waals surface area contributed by atoms with E-state index in [1.165, 1.54) is 18.0 Å². The fourth-order valence-electron chi connectivity index (χ4n) is 2.01. The van der Waals surface area contributed by atoms with E-state index in [4.69, 9.17) is 0 Å². The fourth-order valence-corrected chi connectivity index (χ4v) is 2.01. The van der Waals surface area contributed by atoms with Crippen LogP contribution in [0.3, 0.4) is 0 Å². The van der Waals surface area contributed by atoms with Gasteiger partial charge >= 0.3 is 5.69 Å². The van der Waals surface area contributed by atoms with E-state index in [9.17, 15) is 10.1 Å². The normalized spacial score (nSPS) is 12.6. The summed E-state index contributed by atoms with van der Waals surface area (Å²) in [5, 5.41) is 14.6. The van der Waals surface area contributed by atoms with Crippen LogP contribution in [-0.4, -0.2) is 33.2 Å². The molecule has 1 atom stereocenters. The van der Waals surface area contributed by atoms with Crippen molar-refractivity contribution < 1.29 is 4.92 Å². The number of benzene rings is 1. The molecule has 0 N–H and O–H groups in total. The van der Waals surface area contributed by atoms with Crippen LogP contribution >= 0.6 is 0 Å². The number of rotatable bonds is 6. The quantitative estimate of drug-likeness (QED) is 0.599. The van der Waals surface area contributed by atoms with Gasteiger partial charge in [-0.2, -0.15) is 5.10 Å². The lowest BCUT2D eigenvalue weighted by molar-refractivity contribution is -0.385. The van der Waals surface area contributed by atoms with Crippen LogP contribution in [0.5, 0.6) is 0 Å². The highest BCUT2D eigenvalue weighted by Gasteiger charge is 2.12. The molecule has 0 amide bonds. The van der Waals surface area contributed by atoms with Crippen LogP contribution in [0, 0.1) is 10.1 Å². The second kappa shape index (κ2) is 6.29. The van der Waals surface area contributed by atoms with E-state index < -0.39 is 4.92 Å². The average molecular weight is 274 g/mol. The summed E-state index contributed by atoms with van der Waals surface area (Å²) in [5.74, 6) is 0. The van der Waals surface area contributed by atoms with Crippen molar-refractivity contribution in [1.82, 2.24) is 14.7 Å². The van der Waals surface area contributed by atoms with E-state index >= 15 is 0 Å². The van der Waals surface area contributed by atoms with Crippen molar-refractivity contribution in [2.75, 3.05) is 13.6 Å². The molecule has 0 saturated heterocycles. The molecule has 6 nitrogen and oxygen atoms in total. The van der Waals surface area contributed by atoms with Gasteiger partial charge in [0.05, 0.1) is 11.5 Å². The third-order valence-corrected chi connectivity index (χ3v) is 3.46. The van der Waals surface area contributed by atoms with E-state index in [1.54, 1.807) is 4.68 Å². The molecule has 0 fully saturated rings. The van der Waals surface area contributed by atoms with Gasteiger partial charge in [-0.25, -0.2) is 0 Å². The van der Waals surface area contributed by atoms with E-state index in [-0.39, 0.29) is 5.69 Å². The summed E-state index contributed by atoms with van der Waals surface area (Å²) in [6, 6.07) is 10.5. The second-order valence-electron chi connectivity index (χ2n) is 4.79. The molecule has 1 aromatic heterocycles. The third kappa shape index (κ3) is 3.42. The highest BCUT2D eigenvalue weighted by molar-refractivity contribution is 5.20. The van der Waals surface area contributed by atoms with Crippen molar-refractivity contribution in [2.45, 2.75) is 19.5 Å². The molecule has 20 heavy (non-hydrogen) atoms. The number of nitro groups is 1. The molecule has 1 heterocycles. The summed E-state index contributed by atoms with van der Waals surface area (Å²) in [4.78, 5) is 12.4. The Morgan fingerprint density at radius 3 is 2.70 bits per heavy atom. The Bertz CT molecular complexity index is 568. The molecule has 2 aromatic rings. The van der Waals surface area contributed by atoms with Gasteiger partial charge in [-0.1, -0.05) is 30.3 Å². The van der Waals surface area contributed by atoms with Gasteiger partial charge in [-0.05, 0) is 19.5 Å². The van der Waals surface area contributed by atoms with Crippen LogP contribution in [0.1, 0.15) is 18.5 Å². The van der Waals surface area contributed by atoms with Crippen LogP contribution < -0.4 is 0 Å². The summed E-state index contributed by atoms with van der Waals surface area (Å²) < 4.78 is 1.60. The highest BCUT2D eigenvalue weighted by Crippen LogP contribution is 2.18. The Hall–Kier alpha value is -2.21. The number of hydrogen-bond donors (Lipinski definition) is 0. The molecule has 1 aromatic carbocycles. The van der Waals surface area contributed by atoms with Gasteiger partial charge < -0.3 is 0 Å². The molecule has 106 valence electrons. The first-order valence-electron chi connectivity index (χ1n) is 6.50. The van der Waals surface area contributed by atoms with E-state index in [0.29, 0.717) is 12.6 Å². The van der Waals surface area contributed by atoms with Crippen LogP contribution in [-0.2, 0) is 6.54 Å². The minimum atomic E-state index is -0.431. The molecule has 0 unspecified atom stereocenters. The molecule has 0 aliphatic rings. The maximum Gasteiger partial charge on any atom is 0.306 e. The lowest BCUT2D eigenvalue weighted by atomic mass is 10.1. The molecule has 0 spiro atoms. The SMILES string of the molecule is C[C@@H](c1ccccc1)N(C)CCn1cc([N+](=O)[O-])cn1. The summed E-state index contributed by atoms with van der Waals surface area (Å²) >= 11 is 0. The number of nitrogens with zero attached hydrogens (tertiary/aromatic N) is 4. The van der Waals surface area contributed by atoms with Crippen LogP contribution in [0.15, 0.2) is 42.7 Å². The largest absolute Gasteiger partial charge is 0.306 e. The zero-order chi connectivity index (χ0) is 14.5. The van der Waals surface area contributed by atoms with Gasteiger partial charge in [0.1, 0.15) is 12.4 Å². The van der Waals surface area contributed by atoms with Crippen molar-refractivity contribution in [3.8, 4) is 0 Å². The fraction of sp³-hybridized carbons (Fsp3) is 0.357. The molecule has 6 heteroatoms. The molecular formula is C14H18N4O2. The molecule has 2 rings (SSSR count). The zero-order valence-corrected chi connectivity index (χ0v) is 11.6. The van der Waals surface area contributed by atoms with Gasteiger partial charge in [0.25, 0.3) is 0 Å². The van der Waals surface area contributed by atoms with Crippen molar-refractivity contribution >= 4 is 5.69 Å². The van der Waals surface area contributed by atoms with E-state index in [2.05, 4.69) is 29.1 Å². The topological polar surface area (TPSA) is 64.2 Å². The van der Waals surface area contributed by atoms with Gasteiger partial charge in [0.2, 0.25) is 0 Å². The highest BCUT2D eigenvalue weighted by atomic mass is 16.6. The Morgan fingerprint density at radius 1 is 1.40 bits per heavy atom. The third-order valence-electron chi connectivity index (χ3n) is 3.46. The van der Waals surface area contributed by atoms with Crippen molar-refractivity contribution in [3.05, 3.63) is 58.4 Å². The van der Waals surface area contributed by atoms with Crippen LogP contribution in [0.25, 0.3) is 0 Å². The summed E-state index contributed by atoms with van der Waals surface area (Å²) in [7, 11) is 2.04. The first-order valence-corrected chi connectivity index (χ1v) is 6.50. The summed E-state index contributed by atoms with van der Waals surface area (Å²) in [6.07, 6.45) is 2.74. The molecule has 0 radical (unpaired) electrons. The molecule has 0 aliphatic carbocycles. The summed E-state index contributed by atoms with van der Waals surface area (Å²) in [6.45, 7) is 3.54. The van der Waals surface area contributed by atoms with Crippen LogP contribution in [0.2, 0.25) is 0 Å². The lowest BCUT2D eigenvalue weighted by Crippen LogP contribution is -2.26. The number of likely N-dealkylation sites (N-methyl/N-ethyl adjacent to an activating group) is 1. The predicted molar refractivity (Wildman–Crippen MR) is 76.4 cm³/mol. The monoisotopic (exact) mass is 274 g/mol. The van der Waals surface area contributed by atoms with Gasteiger partial charge in [-0.15, -0.1) is 0 Å². The van der Waals surface area contributed by atoms with Crippen LogP contribution in [0.4, 0.5) is 5.69 Å². The average Bonchev–Trinajstić information content (AvgIpc) is 2.94. The Morgan fingerprint density at radius 2 is 2.10 bits per heavy atom. The Kier molecular flexibility index (Phi) is 4.47. The second-order valence-corrected chi connectivity index (χ2v) is 4.79. The molecular weight excluding hydrogens is 256 g/mol. The smallest absolute Gasteiger partial charge is 0.298 e. The van der Waals surface area contributed by atoms with E-state index in [1.807, 2.05) is 25.2 Å². The van der Waals surface area contributed by atoms with Gasteiger partial charge in [0, 0.05) is 12.6 Å². The van der Waals surface area contributed by atoms with Crippen molar-refractivity contribution in [1.29, 1.82) is 0 Å². The minimum Gasteiger partial charge on any atom is -0.298 e. The van der Waals surface area contributed by atoms with Crippen molar-refractivity contribution in [3.63, 3.8) is 0 Å². The maximum atomic E-state index is 10.6. The molecule has 0 aliphatic heterocycles. The van der Waals surface area contributed by atoms with Gasteiger partial charge in [-0.3, -0.25) is 19.7 Å². The van der Waals surface area contributed by atoms with Gasteiger partial charge in [0.15, 0.2) is 0 Å². The standard InChI is InChI=1S/C14H18N4O2/c1-12(13-6-4-3-5-7-13)16(2)8-9-17-11-14(10-15-17)18(19)20/h3-7,10-12H,8-9H2,1-2H3/t12-/m0/s1. The zero-order valence-electron chi connectivity index (χ0n) is 11.6. The lowest BCUT2D eigenvalue weighted by Gasteiger charge is -2.24. The number of aromatic nitrogens is 2. The van der Waals surface area contributed by atoms with E-state index in [0.717, 1.165) is 6.54 Å². The Balaban J connectivity index is 1.91. The molecule has 0 saturated carbocycles. The minimum absolute atomic E-state index is 0.0313. The van der Waals surface area contributed by atoms with Crippen molar-refractivity contribution in [2.24, 2.45) is 0 Å². The first kappa shape index (κ1) is 14.2. The number of hydrogen-bond acceptors (Lipinski definition) is 4. The molecule has 0 bridgehead atoms. The maximum absolute atomic E-state index is 10.6. The Labute approximate surface area is 117 Å². The predicted octanol–water partition coefficient (Wildman–Crippen LogP) is 2.48.